The molecule has 1 aliphatic rings. The molecule has 0 spiro atoms. The fourth-order valence-electron chi connectivity index (χ4n) is 3.68. The standard InChI is InChI=1S/C21H26N2O3/c1-15(2)26-19-6-4-3-5-18(19)20(21(24)25)23-13-9-17(10-14-23)16-7-11-22-12-8-16/h3-8,11-12,15,17,20H,9-10,13-14H2,1-2H3,(H,24,25). The summed E-state index contributed by atoms with van der Waals surface area (Å²) >= 11 is 0. The SMILES string of the molecule is CC(C)Oc1ccccc1C(C(=O)O)N1CCC(c2ccncc2)CC1. The van der Waals surface area contributed by atoms with Crippen molar-refractivity contribution in [3.05, 3.63) is 59.9 Å². The highest BCUT2D eigenvalue weighted by atomic mass is 16.5. The van der Waals surface area contributed by atoms with E-state index in [2.05, 4.69) is 22.0 Å². The van der Waals surface area contributed by atoms with Crippen LogP contribution in [-0.4, -0.2) is 40.2 Å². The summed E-state index contributed by atoms with van der Waals surface area (Å²) in [5, 5.41) is 9.91. The van der Waals surface area contributed by atoms with E-state index in [4.69, 9.17) is 4.74 Å². The maximum absolute atomic E-state index is 12.1. The van der Waals surface area contributed by atoms with Crippen LogP contribution < -0.4 is 4.74 Å². The van der Waals surface area contributed by atoms with Gasteiger partial charge in [0.15, 0.2) is 0 Å². The molecular weight excluding hydrogens is 328 g/mol. The number of para-hydroxylation sites is 1. The molecule has 1 atom stereocenters. The lowest BCUT2D eigenvalue weighted by molar-refractivity contribution is -0.144. The van der Waals surface area contributed by atoms with Gasteiger partial charge in [0.25, 0.3) is 0 Å². The lowest BCUT2D eigenvalue weighted by atomic mass is 9.88. The molecule has 2 heterocycles. The number of nitrogens with zero attached hydrogens (tertiary/aromatic N) is 2. The molecule has 0 aliphatic carbocycles. The number of benzene rings is 1. The van der Waals surface area contributed by atoms with E-state index in [-0.39, 0.29) is 6.10 Å². The number of aromatic nitrogens is 1. The summed E-state index contributed by atoms with van der Waals surface area (Å²) in [5.74, 6) is 0.296. The smallest absolute Gasteiger partial charge is 0.325 e. The van der Waals surface area contributed by atoms with Crippen LogP contribution in [0, 0.1) is 0 Å². The Labute approximate surface area is 154 Å². The number of carboxylic acid groups (broad SMARTS) is 1. The third-order valence-electron chi connectivity index (χ3n) is 4.88. The zero-order valence-electron chi connectivity index (χ0n) is 15.3. The van der Waals surface area contributed by atoms with Gasteiger partial charge in [-0.15, -0.1) is 0 Å². The summed E-state index contributed by atoms with van der Waals surface area (Å²) in [6.07, 6.45) is 5.54. The van der Waals surface area contributed by atoms with Gasteiger partial charge in [-0.1, -0.05) is 18.2 Å². The summed E-state index contributed by atoms with van der Waals surface area (Å²) in [6.45, 7) is 5.40. The first-order valence-corrected chi connectivity index (χ1v) is 9.18. The molecule has 1 N–H and O–H groups in total. The van der Waals surface area contributed by atoms with E-state index in [9.17, 15) is 9.90 Å². The van der Waals surface area contributed by atoms with Crippen molar-refractivity contribution in [1.29, 1.82) is 0 Å². The van der Waals surface area contributed by atoms with Crippen molar-refractivity contribution in [2.75, 3.05) is 13.1 Å². The van der Waals surface area contributed by atoms with E-state index < -0.39 is 12.0 Å². The number of hydrogen-bond acceptors (Lipinski definition) is 4. The fourth-order valence-corrected chi connectivity index (χ4v) is 3.68. The monoisotopic (exact) mass is 354 g/mol. The topological polar surface area (TPSA) is 62.7 Å². The average molecular weight is 354 g/mol. The van der Waals surface area contributed by atoms with Crippen molar-refractivity contribution in [3.8, 4) is 5.75 Å². The third kappa shape index (κ3) is 4.22. The summed E-state index contributed by atoms with van der Waals surface area (Å²) in [5.41, 5.74) is 2.02. The molecule has 1 aromatic carbocycles. The van der Waals surface area contributed by atoms with Crippen LogP contribution in [0.15, 0.2) is 48.8 Å². The lowest BCUT2D eigenvalue weighted by Crippen LogP contribution is -2.40. The van der Waals surface area contributed by atoms with Crippen molar-refractivity contribution < 1.29 is 14.6 Å². The maximum Gasteiger partial charge on any atom is 0.325 e. The van der Waals surface area contributed by atoms with Crippen LogP contribution in [0.4, 0.5) is 0 Å². The first-order valence-electron chi connectivity index (χ1n) is 9.18. The van der Waals surface area contributed by atoms with Gasteiger partial charge in [0.05, 0.1) is 6.10 Å². The Morgan fingerprint density at radius 1 is 1.15 bits per heavy atom. The quantitative estimate of drug-likeness (QED) is 0.853. The zero-order chi connectivity index (χ0) is 18.5. The number of pyridine rings is 1. The second-order valence-corrected chi connectivity index (χ2v) is 7.04. The molecule has 0 bridgehead atoms. The van der Waals surface area contributed by atoms with Gasteiger partial charge >= 0.3 is 5.97 Å². The minimum atomic E-state index is -0.827. The normalized spacial score (nSPS) is 17.2. The number of carboxylic acids is 1. The average Bonchev–Trinajstić information content (AvgIpc) is 2.64. The first-order chi connectivity index (χ1) is 12.6. The van der Waals surface area contributed by atoms with Gasteiger partial charge in [-0.05, 0) is 69.5 Å². The minimum absolute atomic E-state index is 0.00280. The molecule has 1 saturated heterocycles. The summed E-state index contributed by atoms with van der Waals surface area (Å²) < 4.78 is 5.86. The van der Waals surface area contributed by atoms with E-state index in [0.29, 0.717) is 11.7 Å². The Bertz CT molecular complexity index is 725. The molecule has 3 rings (SSSR count). The highest BCUT2D eigenvalue weighted by molar-refractivity contribution is 5.76. The first kappa shape index (κ1) is 18.4. The second kappa shape index (κ2) is 8.32. The van der Waals surface area contributed by atoms with Gasteiger partial charge in [0.2, 0.25) is 0 Å². The summed E-state index contributed by atoms with van der Waals surface area (Å²) in [6, 6.07) is 10.9. The Hall–Kier alpha value is -2.40. The van der Waals surface area contributed by atoms with Crippen LogP contribution in [0.2, 0.25) is 0 Å². The number of carbonyl (C=O) groups is 1. The molecule has 5 nitrogen and oxygen atoms in total. The van der Waals surface area contributed by atoms with Crippen molar-refractivity contribution in [2.24, 2.45) is 0 Å². The predicted molar refractivity (Wildman–Crippen MR) is 100 cm³/mol. The predicted octanol–water partition coefficient (Wildman–Crippen LogP) is 3.87. The van der Waals surface area contributed by atoms with Gasteiger partial charge in [-0.2, -0.15) is 0 Å². The van der Waals surface area contributed by atoms with Crippen molar-refractivity contribution in [3.63, 3.8) is 0 Å². The Balaban J connectivity index is 1.77. The number of likely N-dealkylation sites (tertiary alicyclic amines) is 1. The van der Waals surface area contributed by atoms with Gasteiger partial charge < -0.3 is 9.84 Å². The van der Waals surface area contributed by atoms with Gasteiger partial charge in [0, 0.05) is 18.0 Å². The highest BCUT2D eigenvalue weighted by Crippen LogP contribution is 2.35. The number of piperidine rings is 1. The van der Waals surface area contributed by atoms with Gasteiger partial charge in [-0.3, -0.25) is 14.7 Å². The number of rotatable bonds is 6. The van der Waals surface area contributed by atoms with Crippen LogP contribution in [-0.2, 0) is 4.79 Å². The molecule has 1 aliphatic heterocycles. The van der Waals surface area contributed by atoms with E-state index >= 15 is 0 Å². The van der Waals surface area contributed by atoms with E-state index in [1.807, 2.05) is 50.5 Å². The highest BCUT2D eigenvalue weighted by Gasteiger charge is 2.33. The maximum atomic E-state index is 12.1. The molecule has 1 unspecified atom stereocenters. The molecule has 5 heteroatoms. The van der Waals surface area contributed by atoms with Crippen LogP contribution in [0.5, 0.6) is 5.75 Å². The molecule has 1 aromatic heterocycles. The molecule has 0 radical (unpaired) electrons. The lowest BCUT2D eigenvalue weighted by Gasteiger charge is -2.36. The summed E-state index contributed by atoms with van der Waals surface area (Å²) in [7, 11) is 0. The van der Waals surface area contributed by atoms with E-state index in [1.54, 1.807) is 0 Å². The van der Waals surface area contributed by atoms with Crippen molar-refractivity contribution >= 4 is 5.97 Å². The third-order valence-corrected chi connectivity index (χ3v) is 4.88. The van der Waals surface area contributed by atoms with Crippen LogP contribution in [0.1, 0.15) is 49.8 Å². The van der Waals surface area contributed by atoms with E-state index in [0.717, 1.165) is 31.5 Å². The molecule has 1 fully saturated rings. The molecule has 138 valence electrons. The zero-order valence-corrected chi connectivity index (χ0v) is 15.3. The largest absolute Gasteiger partial charge is 0.491 e. The van der Waals surface area contributed by atoms with Crippen LogP contribution in [0.25, 0.3) is 0 Å². The van der Waals surface area contributed by atoms with Crippen molar-refractivity contribution in [2.45, 2.75) is 44.8 Å². The Morgan fingerprint density at radius 2 is 1.81 bits per heavy atom. The fraction of sp³-hybridized carbons (Fsp3) is 0.429. The summed E-state index contributed by atoms with van der Waals surface area (Å²) in [4.78, 5) is 18.2. The Morgan fingerprint density at radius 3 is 2.42 bits per heavy atom. The second-order valence-electron chi connectivity index (χ2n) is 7.04. The van der Waals surface area contributed by atoms with Crippen LogP contribution >= 0.6 is 0 Å². The van der Waals surface area contributed by atoms with Gasteiger partial charge in [0.1, 0.15) is 11.8 Å². The molecular formula is C21H26N2O3. The minimum Gasteiger partial charge on any atom is -0.491 e. The van der Waals surface area contributed by atoms with E-state index in [1.165, 1.54) is 5.56 Å². The Kier molecular flexibility index (Phi) is 5.89. The molecule has 0 saturated carbocycles. The number of aliphatic carboxylic acids is 1. The number of hydrogen-bond donors (Lipinski definition) is 1. The molecule has 26 heavy (non-hydrogen) atoms. The number of ether oxygens (including phenoxy) is 1. The molecule has 0 amide bonds. The van der Waals surface area contributed by atoms with Crippen LogP contribution in [0.3, 0.4) is 0 Å². The van der Waals surface area contributed by atoms with Gasteiger partial charge in [-0.25, -0.2) is 0 Å². The molecule has 2 aromatic rings. The van der Waals surface area contributed by atoms with Crippen molar-refractivity contribution in [1.82, 2.24) is 9.88 Å².